The predicted octanol–water partition coefficient (Wildman–Crippen LogP) is 2.96. The van der Waals surface area contributed by atoms with Crippen molar-refractivity contribution in [3.8, 4) is 0 Å². The Morgan fingerprint density at radius 2 is 1.89 bits per heavy atom. The highest BCUT2D eigenvalue weighted by Crippen LogP contribution is 2.28. The van der Waals surface area contributed by atoms with E-state index in [2.05, 4.69) is 0 Å². The Bertz CT molecular complexity index is 930. The standard InChI is InChI=1S/C20H19NO5S/c1-12-3-7-18(27-12)16(22)6-8-20(25)26-11-17(23)13-4-5-15-14(9-13)10-19(24)21(15)2/h3-5,7,9H,6,8,10-11H2,1-2H3. The molecule has 0 saturated carbocycles. The average Bonchev–Trinajstić information content (AvgIpc) is 3.20. The SMILES string of the molecule is Cc1ccc(C(=O)CCC(=O)OCC(=O)c2ccc3c(c2)CC(=O)N3C)s1. The molecule has 7 heteroatoms. The maximum Gasteiger partial charge on any atom is 0.306 e. The zero-order chi connectivity index (χ0) is 19.6. The van der Waals surface area contributed by atoms with E-state index in [0.29, 0.717) is 10.4 Å². The number of thiophene rings is 1. The lowest BCUT2D eigenvalue weighted by molar-refractivity contribution is -0.142. The zero-order valence-corrected chi connectivity index (χ0v) is 15.9. The van der Waals surface area contributed by atoms with Crippen LogP contribution in [0.2, 0.25) is 0 Å². The first-order valence-electron chi connectivity index (χ1n) is 8.53. The number of ether oxygens (including phenoxy) is 1. The Labute approximate surface area is 160 Å². The number of carbonyl (C=O) groups excluding carboxylic acids is 4. The molecule has 0 radical (unpaired) electrons. The number of fused-ring (bicyclic) bond motifs is 1. The van der Waals surface area contributed by atoms with Gasteiger partial charge in [-0.1, -0.05) is 0 Å². The van der Waals surface area contributed by atoms with Crippen LogP contribution in [-0.2, 0) is 20.7 Å². The van der Waals surface area contributed by atoms with Gasteiger partial charge in [0, 0.05) is 29.6 Å². The normalized spacial score (nSPS) is 12.8. The number of aryl methyl sites for hydroxylation is 1. The molecule has 1 aliphatic rings. The van der Waals surface area contributed by atoms with Gasteiger partial charge in [0.2, 0.25) is 5.91 Å². The van der Waals surface area contributed by atoms with Crippen LogP contribution in [-0.4, -0.2) is 37.1 Å². The van der Waals surface area contributed by atoms with Gasteiger partial charge in [0.25, 0.3) is 0 Å². The van der Waals surface area contributed by atoms with Gasteiger partial charge in [-0.25, -0.2) is 0 Å². The third-order valence-electron chi connectivity index (χ3n) is 4.41. The van der Waals surface area contributed by atoms with Crippen LogP contribution >= 0.6 is 11.3 Å². The van der Waals surface area contributed by atoms with E-state index < -0.39 is 5.97 Å². The van der Waals surface area contributed by atoms with Crippen molar-refractivity contribution in [2.45, 2.75) is 26.2 Å². The minimum Gasteiger partial charge on any atom is -0.457 e. The largest absolute Gasteiger partial charge is 0.457 e. The number of benzene rings is 1. The highest BCUT2D eigenvalue weighted by atomic mass is 32.1. The topological polar surface area (TPSA) is 80.8 Å². The van der Waals surface area contributed by atoms with Crippen LogP contribution in [0, 0.1) is 6.92 Å². The Kier molecular flexibility index (Phi) is 5.51. The van der Waals surface area contributed by atoms with Gasteiger partial charge in [-0.3, -0.25) is 19.2 Å². The van der Waals surface area contributed by atoms with E-state index in [-0.39, 0.29) is 43.3 Å². The summed E-state index contributed by atoms with van der Waals surface area (Å²) in [6, 6.07) is 8.60. The maximum atomic E-state index is 12.2. The quantitative estimate of drug-likeness (QED) is 0.541. The van der Waals surface area contributed by atoms with Crippen molar-refractivity contribution in [2.75, 3.05) is 18.6 Å². The molecule has 0 fully saturated rings. The molecule has 0 atom stereocenters. The van der Waals surface area contributed by atoms with E-state index in [1.54, 1.807) is 36.2 Å². The molecule has 1 aromatic carbocycles. The number of likely N-dealkylation sites (N-methyl/N-ethyl adjacent to an activating group) is 1. The van der Waals surface area contributed by atoms with Gasteiger partial charge in [0.1, 0.15) is 0 Å². The number of amides is 1. The number of nitrogens with zero attached hydrogens (tertiary/aromatic N) is 1. The fourth-order valence-corrected chi connectivity index (χ4v) is 3.70. The molecule has 0 unspecified atom stereocenters. The summed E-state index contributed by atoms with van der Waals surface area (Å²) < 4.78 is 5.00. The molecular weight excluding hydrogens is 366 g/mol. The zero-order valence-electron chi connectivity index (χ0n) is 15.1. The van der Waals surface area contributed by atoms with Crippen molar-refractivity contribution in [3.63, 3.8) is 0 Å². The van der Waals surface area contributed by atoms with Crippen molar-refractivity contribution in [1.82, 2.24) is 0 Å². The molecule has 1 amide bonds. The molecule has 3 rings (SSSR count). The van der Waals surface area contributed by atoms with Gasteiger partial charge >= 0.3 is 5.97 Å². The first kappa shape index (κ1) is 19.0. The summed E-state index contributed by atoms with van der Waals surface area (Å²) >= 11 is 1.39. The van der Waals surface area contributed by atoms with Crippen molar-refractivity contribution in [1.29, 1.82) is 0 Å². The van der Waals surface area contributed by atoms with Gasteiger partial charge in [-0.15, -0.1) is 11.3 Å². The van der Waals surface area contributed by atoms with Gasteiger partial charge < -0.3 is 9.64 Å². The van der Waals surface area contributed by atoms with Crippen LogP contribution in [0.5, 0.6) is 0 Å². The summed E-state index contributed by atoms with van der Waals surface area (Å²) in [5.74, 6) is -1.05. The Hall–Kier alpha value is -2.80. The first-order chi connectivity index (χ1) is 12.8. The molecule has 140 valence electrons. The summed E-state index contributed by atoms with van der Waals surface area (Å²) in [6.07, 6.45) is 0.254. The first-order valence-corrected chi connectivity index (χ1v) is 9.34. The highest BCUT2D eigenvalue weighted by Gasteiger charge is 2.25. The number of carbonyl (C=O) groups is 4. The van der Waals surface area contributed by atoms with Crippen LogP contribution in [0.1, 0.15) is 43.3 Å². The summed E-state index contributed by atoms with van der Waals surface area (Å²) in [5.41, 5.74) is 1.97. The van der Waals surface area contributed by atoms with E-state index in [4.69, 9.17) is 4.74 Å². The van der Waals surface area contributed by atoms with Crippen molar-refractivity contribution in [2.24, 2.45) is 0 Å². The summed E-state index contributed by atoms with van der Waals surface area (Å²) in [5, 5.41) is 0. The molecule has 0 bridgehead atoms. The third kappa shape index (κ3) is 4.31. The number of anilines is 1. The fourth-order valence-electron chi connectivity index (χ4n) is 2.87. The number of esters is 1. The summed E-state index contributed by atoms with van der Waals surface area (Å²) in [7, 11) is 1.69. The van der Waals surface area contributed by atoms with Crippen LogP contribution in [0.15, 0.2) is 30.3 Å². The highest BCUT2D eigenvalue weighted by molar-refractivity contribution is 7.14. The van der Waals surface area contributed by atoms with E-state index in [0.717, 1.165) is 16.1 Å². The molecule has 0 N–H and O–H groups in total. The summed E-state index contributed by atoms with van der Waals surface area (Å²) in [6.45, 7) is 1.53. The Morgan fingerprint density at radius 1 is 1.11 bits per heavy atom. The minimum atomic E-state index is -0.582. The molecule has 0 spiro atoms. The maximum absolute atomic E-state index is 12.2. The average molecular weight is 385 g/mol. The second kappa shape index (κ2) is 7.84. The Morgan fingerprint density at radius 3 is 2.59 bits per heavy atom. The predicted molar refractivity (Wildman–Crippen MR) is 101 cm³/mol. The molecular formula is C20H19NO5S. The van der Waals surface area contributed by atoms with E-state index >= 15 is 0 Å². The smallest absolute Gasteiger partial charge is 0.306 e. The number of ketones is 2. The number of hydrogen-bond acceptors (Lipinski definition) is 6. The van der Waals surface area contributed by atoms with Crippen LogP contribution in [0.4, 0.5) is 5.69 Å². The molecule has 1 aromatic heterocycles. The fraction of sp³-hybridized carbons (Fsp3) is 0.300. The second-order valence-corrected chi connectivity index (χ2v) is 7.68. The van der Waals surface area contributed by atoms with Crippen LogP contribution in [0.3, 0.4) is 0 Å². The van der Waals surface area contributed by atoms with Crippen molar-refractivity contribution < 1.29 is 23.9 Å². The number of Topliss-reactive ketones (excluding diaryl/α,β-unsaturated/α-hetero) is 2. The van der Waals surface area contributed by atoms with Gasteiger partial charge in [-0.2, -0.15) is 0 Å². The van der Waals surface area contributed by atoms with Crippen LogP contribution < -0.4 is 4.90 Å². The summed E-state index contributed by atoms with van der Waals surface area (Å²) in [4.78, 5) is 50.9. The molecule has 0 aliphatic carbocycles. The molecule has 1 aliphatic heterocycles. The van der Waals surface area contributed by atoms with Crippen molar-refractivity contribution in [3.05, 3.63) is 51.2 Å². The number of hydrogen-bond donors (Lipinski definition) is 0. The lowest BCUT2D eigenvalue weighted by Gasteiger charge is -2.10. The van der Waals surface area contributed by atoms with E-state index in [1.165, 1.54) is 11.3 Å². The molecule has 27 heavy (non-hydrogen) atoms. The Balaban J connectivity index is 1.49. The second-order valence-electron chi connectivity index (χ2n) is 6.39. The molecule has 0 saturated heterocycles. The molecule has 2 aromatic rings. The number of rotatable bonds is 7. The van der Waals surface area contributed by atoms with E-state index in [1.807, 2.05) is 13.0 Å². The van der Waals surface area contributed by atoms with Gasteiger partial charge in [-0.05, 0) is 42.8 Å². The van der Waals surface area contributed by atoms with Crippen LogP contribution in [0.25, 0.3) is 0 Å². The van der Waals surface area contributed by atoms with Gasteiger partial charge in [0.05, 0.1) is 17.7 Å². The van der Waals surface area contributed by atoms with Gasteiger partial charge in [0.15, 0.2) is 18.2 Å². The molecule has 2 heterocycles. The molecule has 6 nitrogen and oxygen atoms in total. The minimum absolute atomic E-state index is 0.0216. The monoisotopic (exact) mass is 385 g/mol. The van der Waals surface area contributed by atoms with E-state index in [9.17, 15) is 19.2 Å². The lowest BCUT2D eigenvalue weighted by atomic mass is 10.1. The van der Waals surface area contributed by atoms with Crippen molar-refractivity contribution >= 4 is 40.5 Å². The lowest BCUT2D eigenvalue weighted by Crippen LogP contribution is -2.20. The third-order valence-corrected chi connectivity index (χ3v) is 5.46.